The van der Waals surface area contributed by atoms with E-state index >= 15 is 0 Å². The van der Waals surface area contributed by atoms with Crippen molar-refractivity contribution in [1.82, 2.24) is 0 Å². The van der Waals surface area contributed by atoms with Crippen LogP contribution in [0.2, 0.25) is 0 Å². The highest BCUT2D eigenvalue weighted by Gasteiger charge is 2.72. The molecule has 0 amide bonds. The molecular formula is C60H84O20. The van der Waals surface area contributed by atoms with Crippen LogP contribution in [0, 0.1) is 28.6 Å². The largest absolute Gasteiger partial charge is 0.459 e. The quantitative estimate of drug-likeness (QED) is 0.0970. The highest BCUT2D eigenvalue weighted by Crippen LogP contribution is 2.69. The summed E-state index contributed by atoms with van der Waals surface area (Å²) in [6, 6.07) is 17.8. The molecule has 2 aromatic carbocycles. The molecule has 3 saturated carbocycles. The van der Waals surface area contributed by atoms with E-state index in [1.165, 1.54) is 5.57 Å². The molecule has 2 aromatic rings. The summed E-state index contributed by atoms with van der Waals surface area (Å²) in [6.45, 7) is 10.9. The Balaban J connectivity index is 0.745. The van der Waals surface area contributed by atoms with E-state index < -0.39 is 146 Å². The molecule has 7 N–H and O–H groups in total. The standard InChI is InChI=1S/C60H84O20/c1-30(74-55(67)34-14-10-8-11-15-34)38-21-23-60(69)39-19-18-36-24-37(20-22-58(36,5)40(39)25-45(59(38,60)6)77-56(68)35-16-12-9-13-17-35)75-48-28-43(70-7)54(33(4)73-48)79-47-26-41(62)52(31(2)71-47)78-46-27-42(63)53(32(3)72-46)80-57-51(66)50(65)49(64)44(29-61)76-57/h8-18,30-33,37-54,57,61-66,69H,19-29H2,1-7H3/t30-,31-,32-,33-,37+,38-,39-,40+,41-,42+,43+,44-,45-,46+,47+,48+,49-,50+,51-,52-,53-,54-,57+,58+,59+,60+/m1/s1. The smallest absolute Gasteiger partial charge is 0.338 e. The Morgan fingerprint density at radius 3 is 1.85 bits per heavy atom. The minimum Gasteiger partial charge on any atom is -0.459 e. The van der Waals surface area contributed by atoms with Gasteiger partial charge in [-0.15, -0.1) is 0 Å². The molecule has 444 valence electrons. The fraction of sp³-hybridized carbons (Fsp3) is 0.733. The lowest BCUT2D eigenvalue weighted by Gasteiger charge is -2.63. The van der Waals surface area contributed by atoms with Gasteiger partial charge in [0.15, 0.2) is 25.2 Å². The Labute approximate surface area is 467 Å². The van der Waals surface area contributed by atoms with E-state index in [0.29, 0.717) is 49.7 Å². The molecule has 0 radical (unpaired) electrons. The number of ether oxygens (including phenoxy) is 11. The summed E-state index contributed by atoms with van der Waals surface area (Å²) < 4.78 is 68.5. The topological polar surface area (TPSA) is 277 Å². The molecule has 0 spiro atoms. The molecule has 20 nitrogen and oxygen atoms in total. The number of esters is 2. The van der Waals surface area contributed by atoms with Gasteiger partial charge in [0.1, 0.15) is 54.9 Å². The van der Waals surface area contributed by atoms with Crippen molar-refractivity contribution in [1.29, 1.82) is 0 Å². The number of carbonyl (C=O) groups excluding carboxylic acids is 2. The zero-order valence-corrected chi connectivity index (χ0v) is 46.8. The van der Waals surface area contributed by atoms with Crippen molar-refractivity contribution in [2.24, 2.45) is 28.6 Å². The zero-order chi connectivity index (χ0) is 57.0. The van der Waals surface area contributed by atoms with E-state index in [2.05, 4.69) is 13.0 Å². The maximum absolute atomic E-state index is 14.0. The van der Waals surface area contributed by atoms with Gasteiger partial charge in [0.2, 0.25) is 0 Å². The third-order valence-corrected chi connectivity index (χ3v) is 19.8. The molecule has 80 heavy (non-hydrogen) atoms. The molecule has 0 bridgehead atoms. The monoisotopic (exact) mass is 1120 g/mol. The van der Waals surface area contributed by atoms with Crippen LogP contribution in [0.1, 0.15) is 126 Å². The van der Waals surface area contributed by atoms with Gasteiger partial charge < -0.3 is 87.9 Å². The normalized spacial score (nSPS) is 46.0. The predicted molar refractivity (Wildman–Crippen MR) is 282 cm³/mol. The molecular weight excluding hydrogens is 1040 g/mol. The van der Waals surface area contributed by atoms with Crippen molar-refractivity contribution in [2.75, 3.05) is 13.7 Å². The van der Waals surface area contributed by atoms with Crippen LogP contribution in [-0.2, 0) is 52.1 Å². The molecule has 7 fully saturated rings. The van der Waals surface area contributed by atoms with Gasteiger partial charge in [-0.3, -0.25) is 0 Å². The van der Waals surface area contributed by atoms with E-state index in [9.17, 15) is 45.3 Å². The third kappa shape index (κ3) is 11.3. The van der Waals surface area contributed by atoms with Crippen molar-refractivity contribution < 1.29 is 97.4 Å². The summed E-state index contributed by atoms with van der Waals surface area (Å²) in [4.78, 5) is 27.4. The molecule has 4 aliphatic carbocycles. The van der Waals surface area contributed by atoms with E-state index in [0.717, 1.165) is 12.8 Å². The molecule has 0 unspecified atom stereocenters. The first-order valence-electron chi connectivity index (χ1n) is 28.9. The molecule has 8 aliphatic rings. The van der Waals surface area contributed by atoms with Crippen LogP contribution in [0.25, 0.3) is 0 Å². The van der Waals surface area contributed by atoms with E-state index in [1.807, 2.05) is 45.0 Å². The lowest BCUT2D eigenvalue weighted by Crippen LogP contribution is -2.67. The fourth-order valence-corrected chi connectivity index (χ4v) is 15.3. The number of rotatable bonds is 15. The maximum atomic E-state index is 14.0. The number of aliphatic hydroxyl groups is 7. The number of hydrogen-bond donors (Lipinski definition) is 7. The average Bonchev–Trinajstić information content (AvgIpc) is 3.92. The van der Waals surface area contributed by atoms with Crippen LogP contribution in [0.4, 0.5) is 0 Å². The number of aliphatic hydroxyl groups excluding tert-OH is 6. The van der Waals surface area contributed by atoms with Gasteiger partial charge in [0, 0.05) is 37.7 Å². The predicted octanol–water partition coefficient (Wildman–Crippen LogP) is 4.24. The zero-order valence-electron chi connectivity index (χ0n) is 46.8. The maximum Gasteiger partial charge on any atom is 0.338 e. The summed E-state index contributed by atoms with van der Waals surface area (Å²) in [5.74, 6) is -1.29. The van der Waals surface area contributed by atoms with Crippen molar-refractivity contribution in [3.05, 3.63) is 83.4 Å². The summed E-state index contributed by atoms with van der Waals surface area (Å²) in [5.41, 5.74) is -0.309. The Bertz CT molecular complexity index is 2430. The molecule has 20 heteroatoms. The van der Waals surface area contributed by atoms with Gasteiger partial charge >= 0.3 is 11.9 Å². The average molecular weight is 1130 g/mol. The number of fused-ring (bicyclic) bond motifs is 5. The van der Waals surface area contributed by atoms with Crippen LogP contribution >= 0.6 is 0 Å². The third-order valence-electron chi connectivity index (χ3n) is 19.8. The van der Waals surface area contributed by atoms with Crippen LogP contribution in [0.15, 0.2) is 72.3 Å². The number of hydrogen-bond acceptors (Lipinski definition) is 20. The van der Waals surface area contributed by atoms with Crippen LogP contribution in [0.3, 0.4) is 0 Å². The lowest BCUT2D eigenvalue weighted by atomic mass is 9.44. The van der Waals surface area contributed by atoms with Gasteiger partial charge in [0.05, 0.1) is 66.1 Å². The summed E-state index contributed by atoms with van der Waals surface area (Å²) in [6.07, 6.45) is -11.3. The van der Waals surface area contributed by atoms with Crippen molar-refractivity contribution in [3.63, 3.8) is 0 Å². The first-order valence-corrected chi connectivity index (χ1v) is 28.9. The summed E-state index contributed by atoms with van der Waals surface area (Å²) in [7, 11) is 1.62. The first kappa shape index (κ1) is 59.6. The highest BCUT2D eigenvalue weighted by molar-refractivity contribution is 5.90. The van der Waals surface area contributed by atoms with Crippen molar-refractivity contribution >= 4 is 11.9 Å². The lowest BCUT2D eigenvalue weighted by molar-refractivity contribution is -0.355. The number of methoxy groups -OCH3 is 1. The molecule has 0 aromatic heterocycles. The number of benzene rings is 2. The summed E-state index contributed by atoms with van der Waals surface area (Å²) >= 11 is 0. The van der Waals surface area contributed by atoms with Crippen LogP contribution in [0.5, 0.6) is 0 Å². The first-order chi connectivity index (χ1) is 38.2. The second kappa shape index (κ2) is 24.2. The van der Waals surface area contributed by atoms with Crippen molar-refractivity contribution in [2.45, 2.75) is 234 Å². The molecule has 4 aliphatic heterocycles. The van der Waals surface area contributed by atoms with Gasteiger partial charge in [0.25, 0.3) is 0 Å². The van der Waals surface area contributed by atoms with Gasteiger partial charge in [-0.1, -0.05) is 61.9 Å². The van der Waals surface area contributed by atoms with E-state index in [4.69, 9.17) is 52.1 Å². The Morgan fingerprint density at radius 1 is 0.675 bits per heavy atom. The number of allylic oxidation sites excluding steroid dienone is 1. The molecule has 4 heterocycles. The minimum atomic E-state index is -1.65. The Hall–Kier alpha value is -3.52. The minimum absolute atomic E-state index is 0.0104. The van der Waals surface area contributed by atoms with Crippen LogP contribution in [-0.4, -0.2) is 190 Å². The molecule has 26 atom stereocenters. The van der Waals surface area contributed by atoms with Crippen LogP contribution < -0.4 is 0 Å². The molecule has 10 rings (SSSR count). The SMILES string of the molecule is CO[C@H]1C[C@H](O[C@H]2CC[C@@]3(C)C(=CC[C@@H]4[C@@H]3C[C@@H](OC(=O)c3ccccc3)[C@]3(C)[C@@H]([C@@H](C)OC(=O)c5ccccc5)CC[C@]43O)C2)O[C@H](C)[C@H]1O[C@H]1C[C@@H](O)[C@H](O[C@H]2C[C@H](O)[C@H](O[C@@H]3O[C@H](CO)[C@@H](O)[C@H](O)[C@H]3O)[C@@H](C)O2)[C@@H](C)O1. The number of carbonyl (C=O) groups is 2. The van der Waals surface area contributed by atoms with Gasteiger partial charge in [-0.25, -0.2) is 9.59 Å². The van der Waals surface area contributed by atoms with Gasteiger partial charge in [-0.05, 0) is 114 Å². The summed E-state index contributed by atoms with van der Waals surface area (Å²) in [5, 5.41) is 76.4. The second-order valence-corrected chi connectivity index (χ2v) is 24.3. The Kier molecular flexibility index (Phi) is 18.1. The molecule has 4 saturated heterocycles. The van der Waals surface area contributed by atoms with Crippen molar-refractivity contribution in [3.8, 4) is 0 Å². The van der Waals surface area contributed by atoms with E-state index in [1.54, 1.807) is 57.4 Å². The fourth-order valence-electron chi connectivity index (χ4n) is 15.3. The Morgan fingerprint density at radius 2 is 1.25 bits per heavy atom. The van der Waals surface area contributed by atoms with Gasteiger partial charge in [-0.2, -0.15) is 0 Å². The highest BCUT2D eigenvalue weighted by atomic mass is 16.8. The van der Waals surface area contributed by atoms with E-state index in [-0.39, 0.29) is 42.1 Å². The second-order valence-electron chi connectivity index (χ2n) is 24.3.